The van der Waals surface area contributed by atoms with Crippen molar-refractivity contribution in [1.29, 1.82) is 0 Å². The molecule has 1 aliphatic carbocycles. The molecule has 0 radical (unpaired) electrons. The molecule has 3 aromatic carbocycles. The van der Waals surface area contributed by atoms with Crippen LogP contribution in [-0.2, 0) is 16.2 Å². The number of halogens is 4. The molecule has 1 heterocycles. The van der Waals surface area contributed by atoms with Crippen molar-refractivity contribution >= 4 is 39.0 Å². The van der Waals surface area contributed by atoms with Crippen LogP contribution in [0.4, 0.5) is 24.5 Å². The average Bonchev–Trinajstić information content (AvgIpc) is 3.34. The van der Waals surface area contributed by atoms with E-state index < -0.39 is 32.8 Å². The zero-order chi connectivity index (χ0) is 26.5. The van der Waals surface area contributed by atoms with Crippen molar-refractivity contribution in [1.82, 2.24) is 0 Å². The van der Waals surface area contributed by atoms with Gasteiger partial charge in [0.2, 0.25) is 0 Å². The molecule has 3 N–H and O–H groups in total. The third kappa shape index (κ3) is 4.67. The highest BCUT2D eigenvalue weighted by atomic mass is 35.5. The van der Waals surface area contributed by atoms with Gasteiger partial charge in [0.05, 0.1) is 27.1 Å². The van der Waals surface area contributed by atoms with Gasteiger partial charge >= 0.3 is 12.1 Å². The van der Waals surface area contributed by atoms with Crippen LogP contribution in [0.5, 0.6) is 0 Å². The highest BCUT2D eigenvalue weighted by Crippen LogP contribution is 2.50. The average molecular weight is 549 g/mol. The first-order valence-corrected chi connectivity index (χ1v) is 13.1. The second kappa shape index (κ2) is 9.11. The van der Waals surface area contributed by atoms with E-state index in [9.17, 15) is 31.5 Å². The lowest BCUT2D eigenvalue weighted by molar-refractivity contribution is -0.137. The number of alkyl halides is 3. The van der Waals surface area contributed by atoms with E-state index >= 15 is 0 Å². The minimum atomic E-state index is -4.74. The second-order valence-corrected chi connectivity index (χ2v) is 11.0. The topological polar surface area (TPSA) is 95.5 Å². The van der Waals surface area contributed by atoms with Gasteiger partial charge in [-0.25, -0.2) is 13.2 Å². The number of hydrogen-bond acceptors (Lipinski definition) is 4. The quantitative estimate of drug-likeness (QED) is 0.309. The summed E-state index contributed by atoms with van der Waals surface area (Å²) >= 11 is 5.64. The first-order valence-electron chi connectivity index (χ1n) is 11.2. The Morgan fingerprint density at radius 1 is 1.05 bits per heavy atom. The Morgan fingerprint density at radius 2 is 1.81 bits per heavy atom. The van der Waals surface area contributed by atoms with Gasteiger partial charge < -0.3 is 10.4 Å². The molecular weight excluding hydrogens is 529 g/mol. The fourth-order valence-electron chi connectivity index (χ4n) is 5.03. The number of carboxylic acid groups (broad SMARTS) is 1. The third-order valence-electron chi connectivity index (χ3n) is 6.69. The van der Waals surface area contributed by atoms with Crippen molar-refractivity contribution in [3.8, 4) is 0 Å². The van der Waals surface area contributed by atoms with Gasteiger partial charge in [-0.05, 0) is 65.9 Å². The van der Waals surface area contributed by atoms with E-state index in [0.29, 0.717) is 29.3 Å². The van der Waals surface area contributed by atoms with Crippen LogP contribution in [0.1, 0.15) is 45.4 Å². The molecule has 6 nitrogen and oxygen atoms in total. The van der Waals surface area contributed by atoms with Crippen molar-refractivity contribution in [3.05, 3.63) is 100 Å². The predicted molar refractivity (Wildman–Crippen MR) is 133 cm³/mol. The van der Waals surface area contributed by atoms with Crippen molar-refractivity contribution < 1.29 is 31.5 Å². The summed E-state index contributed by atoms with van der Waals surface area (Å²) < 4.78 is 68.0. The van der Waals surface area contributed by atoms with E-state index in [4.69, 9.17) is 11.6 Å². The fraction of sp³-hybridized carbons (Fsp3) is 0.192. The minimum Gasteiger partial charge on any atom is -0.478 e. The van der Waals surface area contributed by atoms with Crippen LogP contribution >= 0.6 is 11.6 Å². The van der Waals surface area contributed by atoms with Crippen LogP contribution in [0.2, 0.25) is 5.02 Å². The zero-order valence-corrected chi connectivity index (χ0v) is 20.5. The van der Waals surface area contributed by atoms with Crippen LogP contribution in [0.3, 0.4) is 0 Å². The number of nitrogens with one attached hydrogen (secondary N) is 2. The van der Waals surface area contributed by atoms with Gasteiger partial charge in [0, 0.05) is 17.3 Å². The summed E-state index contributed by atoms with van der Waals surface area (Å²) in [4.78, 5) is 11.7. The molecule has 37 heavy (non-hydrogen) atoms. The Hall–Kier alpha value is -3.50. The number of carbonyl (C=O) groups is 1. The standard InChI is InChI=1S/C26H20ClF3N2O4S/c27-22-10-8-14(12-21(22)26(28,29)30)32-37(35,36)15-9-11-23-20(13-15)16-6-3-7-17(16)24(31-23)18-4-1-2-5-19(18)25(33)34/h1-6,8-13,16-17,24,31-32H,7H2,(H,33,34)/t16-,17+,24-/m0/s1. The Balaban J connectivity index is 1.49. The molecule has 192 valence electrons. The Labute approximate surface area is 215 Å². The van der Waals surface area contributed by atoms with Crippen molar-refractivity contribution in [2.75, 3.05) is 10.0 Å². The number of aromatic carboxylic acids is 1. The lowest BCUT2D eigenvalue weighted by Gasteiger charge is -2.38. The maximum atomic E-state index is 13.2. The van der Waals surface area contributed by atoms with Crippen LogP contribution in [0.25, 0.3) is 0 Å². The Kier molecular flexibility index (Phi) is 6.19. The molecular formula is C26H20ClF3N2O4S. The number of hydrogen-bond donors (Lipinski definition) is 3. The SMILES string of the molecule is O=C(O)c1ccccc1[C@H]1Nc2ccc(S(=O)(=O)Nc3ccc(Cl)c(C(F)(F)F)c3)cc2[C@H]2C=CC[C@H]21. The lowest BCUT2D eigenvalue weighted by Crippen LogP contribution is -2.30. The number of anilines is 2. The summed E-state index contributed by atoms with van der Waals surface area (Å²) in [6, 6.07) is 13.7. The molecule has 5 rings (SSSR count). The molecule has 11 heteroatoms. The minimum absolute atomic E-state index is 0.0514. The molecule has 0 saturated heterocycles. The predicted octanol–water partition coefficient (Wildman–Crippen LogP) is 6.68. The maximum Gasteiger partial charge on any atom is 0.417 e. The molecule has 2 aliphatic rings. The van der Waals surface area contributed by atoms with Gasteiger partial charge in [-0.2, -0.15) is 13.2 Å². The zero-order valence-electron chi connectivity index (χ0n) is 19.0. The maximum absolute atomic E-state index is 13.2. The van der Waals surface area contributed by atoms with Crippen LogP contribution in [-0.4, -0.2) is 19.5 Å². The van der Waals surface area contributed by atoms with E-state index in [1.54, 1.807) is 30.3 Å². The summed E-state index contributed by atoms with van der Waals surface area (Å²) in [6.07, 6.45) is -0.126. The number of allylic oxidation sites excluding steroid dienone is 2. The van der Waals surface area contributed by atoms with Crippen molar-refractivity contribution in [2.45, 2.75) is 29.5 Å². The van der Waals surface area contributed by atoms with Gasteiger partial charge in [0.25, 0.3) is 10.0 Å². The molecule has 3 atom stereocenters. The molecule has 0 spiro atoms. The highest BCUT2D eigenvalue weighted by molar-refractivity contribution is 7.92. The monoisotopic (exact) mass is 548 g/mol. The molecule has 0 amide bonds. The summed E-state index contributed by atoms with van der Waals surface area (Å²) in [5.74, 6) is -1.26. The van der Waals surface area contributed by atoms with Gasteiger partial charge in [-0.1, -0.05) is 42.0 Å². The first kappa shape index (κ1) is 25.2. The molecule has 1 aliphatic heterocycles. The number of carboxylic acids is 1. The summed E-state index contributed by atoms with van der Waals surface area (Å²) in [7, 11) is -4.22. The third-order valence-corrected chi connectivity index (χ3v) is 8.40. The van der Waals surface area contributed by atoms with Gasteiger partial charge in [-0.15, -0.1) is 0 Å². The van der Waals surface area contributed by atoms with E-state index in [0.717, 1.165) is 12.1 Å². The van der Waals surface area contributed by atoms with E-state index in [1.807, 2.05) is 12.2 Å². The number of sulfonamides is 1. The molecule has 0 fully saturated rings. The molecule has 3 aromatic rings. The van der Waals surface area contributed by atoms with Gasteiger partial charge in [0.15, 0.2) is 0 Å². The Morgan fingerprint density at radius 3 is 2.54 bits per heavy atom. The van der Waals surface area contributed by atoms with Crippen LogP contribution in [0, 0.1) is 5.92 Å². The fourth-order valence-corrected chi connectivity index (χ4v) is 6.34. The Bertz CT molecular complexity index is 1540. The van der Waals surface area contributed by atoms with Crippen LogP contribution < -0.4 is 10.0 Å². The number of rotatable bonds is 5. The van der Waals surface area contributed by atoms with E-state index in [1.165, 1.54) is 12.1 Å². The largest absolute Gasteiger partial charge is 0.478 e. The smallest absolute Gasteiger partial charge is 0.417 e. The van der Waals surface area contributed by atoms with Gasteiger partial charge in [-0.3, -0.25) is 4.72 Å². The van der Waals surface area contributed by atoms with Crippen molar-refractivity contribution in [3.63, 3.8) is 0 Å². The van der Waals surface area contributed by atoms with E-state index in [2.05, 4.69) is 10.0 Å². The second-order valence-electron chi connectivity index (χ2n) is 8.91. The van der Waals surface area contributed by atoms with Gasteiger partial charge in [0.1, 0.15) is 0 Å². The summed E-state index contributed by atoms with van der Waals surface area (Å²) in [5.41, 5.74) is 0.785. The number of benzene rings is 3. The van der Waals surface area contributed by atoms with Crippen LogP contribution in [0.15, 0.2) is 77.7 Å². The molecule has 0 saturated carbocycles. The highest BCUT2D eigenvalue weighted by Gasteiger charge is 2.40. The number of fused-ring (bicyclic) bond motifs is 3. The van der Waals surface area contributed by atoms with Crippen molar-refractivity contribution in [2.24, 2.45) is 5.92 Å². The molecule has 0 bridgehead atoms. The first-order chi connectivity index (χ1) is 17.5. The van der Waals surface area contributed by atoms with E-state index in [-0.39, 0.29) is 34.0 Å². The summed E-state index contributed by atoms with van der Waals surface area (Å²) in [6.45, 7) is 0. The molecule has 0 unspecified atom stereocenters. The summed E-state index contributed by atoms with van der Waals surface area (Å²) in [5, 5.41) is 12.5. The lowest BCUT2D eigenvalue weighted by atomic mass is 9.76. The normalized spacial score (nSPS) is 20.6. The molecule has 0 aromatic heterocycles.